The first-order valence-corrected chi connectivity index (χ1v) is 10.2. The maximum Gasteiger partial charge on any atom is 0.262 e. The topological polar surface area (TPSA) is 69.2 Å². The minimum atomic E-state index is -0.409. The molecule has 2 atom stereocenters. The van der Waals surface area contributed by atoms with E-state index in [1.54, 1.807) is 12.1 Å². The molecule has 3 aliphatic rings. The number of hydrazone groups is 1. The monoisotopic (exact) mass is 445 g/mol. The second-order valence-corrected chi connectivity index (χ2v) is 7.90. The average molecular weight is 446 g/mol. The number of rotatable bonds is 2. The van der Waals surface area contributed by atoms with Gasteiger partial charge in [-0.05, 0) is 32.0 Å². The highest BCUT2D eigenvalue weighted by Gasteiger charge is 2.36. The first kappa shape index (κ1) is 21.4. The van der Waals surface area contributed by atoms with Gasteiger partial charge >= 0.3 is 0 Å². The van der Waals surface area contributed by atoms with Crippen molar-refractivity contribution in [1.29, 1.82) is 0 Å². The number of piperazine rings is 1. The fourth-order valence-electron chi connectivity index (χ4n) is 4.39. The maximum atomic E-state index is 14.8. The molecule has 0 unspecified atom stereocenters. The summed E-state index contributed by atoms with van der Waals surface area (Å²) in [5.41, 5.74) is 5.58. The van der Waals surface area contributed by atoms with Gasteiger partial charge in [-0.15, -0.1) is 12.4 Å². The van der Waals surface area contributed by atoms with Crippen LogP contribution in [-0.2, 0) is 4.79 Å². The molecule has 0 saturated carbocycles. The highest BCUT2D eigenvalue weighted by atomic mass is 35.5. The molecule has 1 fully saturated rings. The van der Waals surface area contributed by atoms with E-state index in [4.69, 9.17) is 4.74 Å². The number of benzene rings is 2. The number of carbonyl (C=O) groups excluding carboxylic acids is 1. The van der Waals surface area contributed by atoms with Gasteiger partial charge in [0.2, 0.25) is 0 Å². The molecule has 2 aromatic rings. The second-order valence-electron chi connectivity index (χ2n) is 7.90. The predicted molar refractivity (Wildman–Crippen MR) is 122 cm³/mol. The lowest BCUT2D eigenvalue weighted by atomic mass is 9.98. The fraction of sp³-hybridized carbons (Fsp3) is 0.364. The van der Waals surface area contributed by atoms with E-state index in [1.165, 1.54) is 6.07 Å². The Labute approximate surface area is 186 Å². The highest BCUT2D eigenvalue weighted by Crippen LogP contribution is 2.44. The third-order valence-corrected chi connectivity index (χ3v) is 6.01. The average Bonchev–Trinajstić information content (AvgIpc) is 2.76. The van der Waals surface area contributed by atoms with Crippen LogP contribution in [0.2, 0.25) is 0 Å². The molecule has 0 aliphatic carbocycles. The highest BCUT2D eigenvalue weighted by molar-refractivity contribution is 6.10. The van der Waals surface area contributed by atoms with Gasteiger partial charge in [0.25, 0.3) is 5.91 Å². The molecular weight excluding hydrogens is 421 g/mol. The Morgan fingerprint density at radius 2 is 1.97 bits per heavy atom. The van der Waals surface area contributed by atoms with Crippen LogP contribution < -0.4 is 25.3 Å². The van der Waals surface area contributed by atoms with E-state index in [1.807, 2.05) is 30.0 Å². The standard InChI is InChI=1S/C22H24FN5O2.ClH/c1-13-11-24-7-8-27(13)18-10-19-20(9-16(18)15-5-3-4-6-17(15)23)30-12-21-25-26-22(29)14(2)28(19)21;/h3-6,9-10,13-14,24H,7-8,11-12H2,1-2H3,(H,26,29);1H/t13-,14+;/m0./s1. The van der Waals surface area contributed by atoms with Crippen LogP contribution in [0.3, 0.4) is 0 Å². The van der Waals surface area contributed by atoms with Gasteiger partial charge in [-0.3, -0.25) is 4.79 Å². The molecule has 3 aliphatic heterocycles. The second kappa shape index (κ2) is 8.36. The first-order valence-electron chi connectivity index (χ1n) is 10.2. The van der Waals surface area contributed by atoms with E-state index in [0.29, 0.717) is 17.1 Å². The zero-order valence-electron chi connectivity index (χ0n) is 17.4. The molecule has 0 radical (unpaired) electrons. The largest absolute Gasteiger partial charge is 0.483 e. The third kappa shape index (κ3) is 3.59. The van der Waals surface area contributed by atoms with E-state index in [-0.39, 0.29) is 36.8 Å². The van der Waals surface area contributed by atoms with Crippen molar-refractivity contribution in [3.8, 4) is 16.9 Å². The van der Waals surface area contributed by atoms with Crippen LogP contribution in [-0.4, -0.2) is 50.1 Å². The van der Waals surface area contributed by atoms with E-state index in [9.17, 15) is 9.18 Å². The number of hydrogen-bond donors (Lipinski definition) is 2. The summed E-state index contributed by atoms with van der Waals surface area (Å²) in [5, 5.41) is 7.57. The van der Waals surface area contributed by atoms with Crippen molar-refractivity contribution in [1.82, 2.24) is 10.7 Å². The van der Waals surface area contributed by atoms with Gasteiger partial charge in [0, 0.05) is 42.5 Å². The SMILES string of the molecule is C[C@@H]1C(=O)NN=C2COc3cc(-c4ccccc4F)c(N4CCNC[C@@H]4C)cc3N21.Cl. The van der Waals surface area contributed by atoms with Gasteiger partial charge in [0.05, 0.1) is 5.69 Å². The number of carbonyl (C=O) groups is 1. The molecular formula is C22H25ClFN5O2. The number of anilines is 2. The van der Waals surface area contributed by atoms with Crippen molar-refractivity contribution in [2.75, 3.05) is 36.0 Å². The van der Waals surface area contributed by atoms with Crippen LogP contribution in [0.4, 0.5) is 15.8 Å². The number of fused-ring (bicyclic) bond motifs is 3. The Morgan fingerprint density at radius 3 is 2.74 bits per heavy atom. The molecule has 9 heteroatoms. The summed E-state index contributed by atoms with van der Waals surface area (Å²) in [7, 11) is 0. The lowest BCUT2D eigenvalue weighted by Crippen LogP contribution is -2.55. The van der Waals surface area contributed by atoms with E-state index in [2.05, 4.69) is 27.7 Å². The Kier molecular flexibility index (Phi) is 5.77. The fourth-order valence-corrected chi connectivity index (χ4v) is 4.39. The number of amides is 1. The van der Waals surface area contributed by atoms with Crippen molar-refractivity contribution in [3.05, 3.63) is 42.2 Å². The molecule has 3 heterocycles. The molecule has 164 valence electrons. The number of halogens is 2. The number of hydrogen-bond acceptors (Lipinski definition) is 6. The van der Waals surface area contributed by atoms with Crippen molar-refractivity contribution < 1.29 is 13.9 Å². The summed E-state index contributed by atoms with van der Waals surface area (Å²) in [4.78, 5) is 16.5. The van der Waals surface area contributed by atoms with Gasteiger partial charge in [-0.25, -0.2) is 9.82 Å². The van der Waals surface area contributed by atoms with Crippen LogP contribution in [0, 0.1) is 5.82 Å². The number of nitrogens with one attached hydrogen (secondary N) is 2. The van der Waals surface area contributed by atoms with Gasteiger partial charge in [0.15, 0.2) is 5.84 Å². The van der Waals surface area contributed by atoms with E-state index in [0.717, 1.165) is 36.6 Å². The molecule has 1 saturated heterocycles. The Morgan fingerprint density at radius 1 is 1.16 bits per heavy atom. The van der Waals surface area contributed by atoms with Crippen LogP contribution in [0.1, 0.15) is 13.8 Å². The van der Waals surface area contributed by atoms with E-state index >= 15 is 0 Å². The zero-order valence-corrected chi connectivity index (χ0v) is 18.2. The lowest BCUT2D eigenvalue weighted by molar-refractivity contribution is -0.122. The third-order valence-electron chi connectivity index (χ3n) is 6.01. The molecule has 0 bridgehead atoms. The quantitative estimate of drug-likeness (QED) is 0.744. The summed E-state index contributed by atoms with van der Waals surface area (Å²) in [6.45, 7) is 6.74. The molecule has 0 aromatic heterocycles. The Hall–Kier alpha value is -2.84. The van der Waals surface area contributed by atoms with Crippen molar-refractivity contribution in [2.45, 2.75) is 25.9 Å². The van der Waals surface area contributed by atoms with Gasteiger partial charge in [-0.1, -0.05) is 18.2 Å². The predicted octanol–water partition coefficient (Wildman–Crippen LogP) is 2.74. The minimum absolute atomic E-state index is 0. The van der Waals surface area contributed by atoms with Crippen molar-refractivity contribution in [3.63, 3.8) is 0 Å². The number of nitrogens with zero attached hydrogens (tertiary/aromatic N) is 3. The van der Waals surface area contributed by atoms with Crippen molar-refractivity contribution in [2.24, 2.45) is 5.10 Å². The summed E-state index contributed by atoms with van der Waals surface area (Å²) in [6, 6.07) is 10.5. The van der Waals surface area contributed by atoms with Crippen LogP contribution in [0.25, 0.3) is 11.1 Å². The summed E-state index contributed by atoms with van der Waals surface area (Å²) >= 11 is 0. The molecule has 0 spiro atoms. The van der Waals surface area contributed by atoms with E-state index < -0.39 is 6.04 Å². The van der Waals surface area contributed by atoms with Crippen molar-refractivity contribution >= 4 is 35.5 Å². The number of amidine groups is 1. The molecule has 2 N–H and O–H groups in total. The normalized spacial score (nSPS) is 22.4. The first-order chi connectivity index (χ1) is 14.5. The lowest BCUT2D eigenvalue weighted by Gasteiger charge is -2.41. The van der Waals surface area contributed by atoms with Gasteiger partial charge in [-0.2, -0.15) is 5.10 Å². The summed E-state index contributed by atoms with van der Waals surface area (Å²) < 4.78 is 20.8. The maximum absolute atomic E-state index is 14.8. The van der Waals surface area contributed by atoms with Gasteiger partial charge < -0.3 is 19.9 Å². The minimum Gasteiger partial charge on any atom is -0.483 e. The Bertz CT molecular complexity index is 1050. The Balaban J connectivity index is 0.00000231. The summed E-state index contributed by atoms with van der Waals surface area (Å²) in [6.07, 6.45) is 0. The van der Waals surface area contributed by atoms with Crippen LogP contribution in [0.15, 0.2) is 41.5 Å². The molecule has 1 amide bonds. The van der Waals surface area contributed by atoms with Crippen LogP contribution in [0.5, 0.6) is 5.75 Å². The molecule has 31 heavy (non-hydrogen) atoms. The molecule has 2 aromatic carbocycles. The van der Waals surface area contributed by atoms with Crippen LogP contribution >= 0.6 is 12.4 Å². The molecule has 5 rings (SSSR count). The zero-order chi connectivity index (χ0) is 20.8. The summed E-state index contributed by atoms with van der Waals surface area (Å²) in [5.74, 6) is 0.847. The number of ether oxygens (including phenoxy) is 1. The smallest absolute Gasteiger partial charge is 0.262 e. The molecule has 7 nitrogen and oxygen atoms in total. The van der Waals surface area contributed by atoms with Gasteiger partial charge in [0.1, 0.15) is 24.2 Å².